The lowest BCUT2D eigenvalue weighted by atomic mass is 10.0. The second kappa shape index (κ2) is 9.78. The molecule has 7 nitrogen and oxygen atoms in total. The number of carboxylic acids is 1. The van der Waals surface area contributed by atoms with Crippen molar-refractivity contribution in [3.63, 3.8) is 0 Å². The van der Waals surface area contributed by atoms with Crippen molar-refractivity contribution in [3.8, 4) is 34.3 Å². The van der Waals surface area contributed by atoms with Crippen molar-refractivity contribution >= 4 is 17.6 Å². The highest BCUT2D eigenvalue weighted by Crippen LogP contribution is 2.36. The number of methoxy groups -OCH3 is 1. The number of carboxylic acid groups (broad SMARTS) is 1. The normalized spacial score (nSPS) is 11.0. The molecule has 0 saturated carbocycles. The lowest BCUT2D eigenvalue weighted by Gasteiger charge is -2.12. The Morgan fingerprint density at radius 2 is 2.06 bits per heavy atom. The summed E-state index contributed by atoms with van der Waals surface area (Å²) in [5.41, 5.74) is 1.42. The summed E-state index contributed by atoms with van der Waals surface area (Å²) >= 11 is 6.28. The molecule has 0 radical (unpaired) electrons. The van der Waals surface area contributed by atoms with Crippen LogP contribution in [0.2, 0.25) is 5.02 Å². The summed E-state index contributed by atoms with van der Waals surface area (Å²) in [5, 5.41) is 13.2. The molecular weight excluding hydrogens is 427 g/mol. The number of rotatable bonds is 9. The fourth-order valence-corrected chi connectivity index (χ4v) is 3.33. The standard InChI is InChI=1S/C22H22ClFN2O5/c1-12(2)30-18-8-7-14(10-17(18)23)22-25-21(26-31-22)16-11-15(24)9-13(20(16)29-3)5-4-6-19(27)28/h7-12H,4-6H2,1-3H3,(H,27,28). The molecule has 3 rings (SSSR count). The Kier molecular flexibility index (Phi) is 7.12. The predicted octanol–water partition coefficient (Wildman–Crippen LogP) is 5.40. The highest BCUT2D eigenvalue weighted by atomic mass is 35.5. The van der Waals surface area contributed by atoms with E-state index in [-0.39, 0.29) is 24.2 Å². The van der Waals surface area contributed by atoms with Crippen LogP contribution in [0.25, 0.3) is 22.8 Å². The summed E-state index contributed by atoms with van der Waals surface area (Å²) < 4.78 is 30.7. The molecular formula is C22H22ClFN2O5. The van der Waals surface area contributed by atoms with Gasteiger partial charge in [-0.3, -0.25) is 4.79 Å². The lowest BCUT2D eigenvalue weighted by Crippen LogP contribution is -2.05. The summed E-state index contributed by atoms with van der Waals surface area (Å²) in [4.78, 5) is 15.1. The van der Waals surface area contributed by atoms with Crippen molar-refractivity contribution in [2.75, 3.05) is 7.11 Å². The fraction of sp³-hybridized carbons (Fsp3) is 0.318. The van der Waals surface area contributed by atoms with Crippen LogP contribution in [0.3, 0.4) is 0 Å². The molecule has 0 saturated heterocycles. The van der Waals surface area contributed by atoms with Gasteiger partial charge in [-0.05, 0) is 62.6 Å². The minimum atomic E-state index is -0.915. The summed E-state index contributed by atoms with van der Waals surface area (Å²) in [7, 11) is 1.45. The Morgan fingerprint density at radius 3 is 2.71 bits per heavy atom. The third-order valence-corrected chi connectivity index (χ3v) is 4.68. The number of aromatic nitrogens is 2. The Labute approximate surface area is 183 Å². The molecule has 0 spiro atoms. The summed E-state index contributed by atoms with van der Waals surface area (Å²) in [5.74, 6) is -0.167. The number of halogens is 2. The predicted molar refractivity (Wildman–Crippen MR) is 113 cm³/mol. The van der Waals surface area contributed by atoms with E-state index in [1.165, 1.54) is 19.2 Å². The van der Waals surface area contributed by atoms with Gasteiger partial charge in [0.2, 0.25) is 5.82 Å². The van der Waals surface area contributed by atoms with Crippen molar-refractivity contribution in [3.05, 3.63) is 46.7 Å². The molecule has 1 aromatic heterocycles. The van der Waals surface area contributed by atoms with Crippen molar-refractivity contribution < 1.29 is 28.3 Å². The van der Waals surface area contributed by atoms with Crippen molar-refractivity contribution in [1.29, 1.82) is 0 Å². The van der Waals surface area contributed by atoms with E-state index < -0.39 is 11.8 Å². The van der Waals surface area contributed by atoms with Gasteiger partial charge in [-0.1, -0.05) is 16.8 Å². The van der Waals surface area contributed by atoms with E-state index >= 15 is 0 Å². The zero-order valence-corrected chi connectivity index (χ0v) is 18.1. The number of hydrogen-bond donors (Lipinski definition) is 1. The molecule has 1 heterocycles. The molecule has 0 aliphatic heterocycles. The number of hydrogen-bond acceptors (Lipinski definition) is 6. The molecule has 0 aliphatic carbocycles. The smallest absolute Gasteiger partial charge is 0.303 e. The summed E-state index contributed by atoms with van der Waals surface area (Å²) in [6.07, 6.45) is 0.620. The van der Waals surface area contributed by atoms with E-state index in [9.17, 15) is 9.18 Å². The third kappa shape index (κ3) is 5.52. The molecule has 0 amide bonds. The van der Waals surface area contributed by atoms with Gasteiger partial charge in [0.15, 0.2) is 0 Å². The minimum Gasteiger partial charge on any atom is -0.496 e. The molecule has 0 atom stereocenters. The maximum atomic E-state index is 14.3. The van der Waals surface area contributed by atoms with Crippen LogP contribution in [0.15, 0.2) is 34.9 Å². The average Bonchev–Trinajstić information content (AvgIpc) is 3.18. The zero-order chi connectivity index (χ0) is 22.5. The number of aliphatic carboxylic acids is 1. The quantitative estimate of drug-likeness (QED) is 0.468. The lowest BCUT2D eigenvalue weighted by molar-refractivity contribution is -0.137. The summed E-state index contributed by atoms with van der Waals surface area (Å²) in [6, 6.07) is 7.67. The second-order valence-electron chi connectivity index (χ2n) is 7.13. The van der Waals surface area contributed by atoms with Crippen molar-refractivity contribution in [1.82, 2.24) is 10.1 Å². The van der Waals surface area contributed by atoms with Crippen LogP contribution in [0.5, 0.6) is 11.5 Å². The molecule has 0 unspecified atom stereocenters. The van der Waals surface area contributed by atoms with E-state index in [4.69, 9.17) is 30.7 Å². The molecule has 9 heteroatoms. The van der Waals surface area contributed by atoms with Crippen LogP contribution in [0.4, 0.5) is 4.39 Å². The molecule has 31 heavy (non-hydrogen) atoms. The number of nitrogens with zero attached hydrogens (tertiary/aromatic N) is 2. The van der Waals surface area contributed by atoms with Gasteiger partial charge in [-0.25, -0.2) is 4.39 Å². The molecule has 0 aliphatic rings. The fourth-order valence-electron chi connectivity index (χ4n) is 3.11. The van der Waals surface area contributed by atoms with Crippen molar-refractivity contribution in [2.24, 2.45) is 0 Å². The Morgan fingerprint density at radius 1 is 1.29 bits per heavy atom. The van der Waals surface area contributed by atoms with E-state index in [0.29, 0.717) is 46.1 Å². The number of aryl methyl sites for hydroxylation is 1. The Bertz CT molecular complexity index is 1080. The average molecular weight is 449 g/mol. The van der Waals surface area contributed by atoms with Crippen LogP contribution in [0.1, 0.15) is 32.3 Å². The van der Waals surface area contributed by atoms with E-state index in [0.717, 1.165) is 0 Å². The van der Waals surface area contributed by atoms with Gasteiger partial charge in [0.25, 0.3) is 5.89 Å². The zero-order valence-electron chi connectivity index (χ0n) is 17.3. The third-order valence-electron chi connectivity index (χ3n) is 4.38. The highest BCUT2D eigenvalue weighted by molar-refractivity contribution is 6.32. The first-order chi connectivity index (χ1) is 14.8. The topological polar surface area (TPSA) is 94.7 Å². The Hall–Kier alpha value is -3.13. The number of carbonyl (C=O) groups is 1. The van der Waals surface area contributed by atoms with Gasteiger partial charge in [0.05, 0.1) is 23.8 Å². The van der Waals surface area contributed by atoms with Crippen LogP contribution >= 0.6 is 11.6 Å². The first-order valence-electron chi connectivity index (χ1n) is 9.67. The van der Waals surface area contributed by atoms with Crippen LogP contribution in [-0.2, 0) is 11.2 Å². The van der Waals surface area contributed by atoms with Gasteiger partial charge < -0.3 is 19.1 Å². The second-order valence-corrected chi connectivity index (χ2v) is 7.54. The largest absolute Gasteiger partial charge is 0.496 e. The van der Waals surface area contributed by atoms with E-state index in [1.54, 1.807) is 18.2 Å². The van der Waals surface area contributed by atoms with Gasteiger partial charge >= 0.3 is 5.97 Å². The number of benzene rings is 2. The molecule has 164 valence electrons. The molecule has 0 bridgehead atoms. The van der Waals surface area contributed by atoms with Gasteiger partial charge in [-0.2, -0.15) is 4.98 Å². The summed E-state index contributed by atoms with van der Waals surface area (Å²) in [6.45, 7) is 3.80. The van der Waals surface area contributed by atoms with Crippen LogP contribution < -0.4 is 9.47 Å². The van der Waals surface area contributed by atoms with Crippen LogP contribution in [-0.4, -0.2) is 34.4 Å². The molecule has 1 N–H and O–H groups in total. The van der Waals surface area contributed by atoms with E-state index in [2.05, 4.69) is 10.1 Å². The molecule has 2 aromatic carbocycles. The van der Waals surface area contributed by atoms with Gasteiger partial charge in [0.1, 0.15) is 17.3 Å². The maximum Gasteiger partial charge on any atom is 0.303 e. The van der Waals surface area contributed by atoms with Gasteiger partial charge in [-0.15, -0.1) is 0 Å². The first-order valence-corrected chi connectivity index (χ1v) is 10.0. The Balaban J connectivity index is 1.92. The SMILES string of the molecule is COc1c(CCCC(=O)O)cc(F)cc1-c1noc(-c2ccc(OC(C)C)c(Cl)c2)n1. The maximum absolute atomic E-state index is 14.3. The van der Waals surface area contributed by atoms with Gasteiger partial charge in [0, 0.05) is 12.0 Å². The number of ether oxygens (including phenoxy) is 2. The minimum absolute atomic E-state index is 0.0245. The van der Waals surface area contributed by atoms with Crippen molar-refractivity contribution in [2.45, 2.75) is 39.2 Å². The van der Waals surface area contributed by atoms with E-state index in [1.807, 2.05) is 13.8 Å². The highest BCUT2D eigenvalue weighted by Gasteiger charge is 2.20. The van der Waals surface area contributed by atoms with Crippen LogP contribution in [0, 0.1) is 5.82 Å². The molecule has 3 aromatic rings. The monoisotopic (exact) mass is 448 g/mol. The molecule has 0 fully saturated rings. The first kappa shape index (κ1) is 22.6.